The van der Waals surface area contributed by atoms with Gasteiger partial charge < -0.3 is 10.4 Å². The Hall–Kier alpha value is -1.96. The molecule has 0 amide bonds. The molecule has 0 spiro atoms. The lowest BCUT2D eigenvalue weighted by Gasteiger charge is -2.21. The summed E-state index contributed by atoms with van der Waals surface area (Å²) in [6.45, 7) is 7.51. The van der Waals surface area contributed by atoms with Gasteiger partial charge in [-0.2, -0.15) is 5.10 Å². The summed E-state index contributed by atoms with van der Waals surface area (Å²) >= 11 is 1.66. The number of aliphatic imine (C=N–C) groups is 1. The number of nitrogens with zero attached hydrogens (tertiary/aromatic N) is 3. The summed E-state index contributed by atoms with van der Waals surface area (Å²) in [7, 11) is 1.95. The fourth-order valence-corrected chi connectivity index (χ4v) is 3.49. The van der Waals surface area contributed by atoms with Crippen LogP contribution in [0.5, 0.6) is 0 Å². The molecule has 3 N–H and O–H groups in total. The van der Waals surface area contributed by atoms with Crippen LogP contribution in [0, 0.1) is 6.92 Å². The van der Waals surface area contributed by atoms with Gasteiger partial charge in [0.1, 0.15) is 5.84 Å². The van der Waals surface area contributed by atoms with Gasteiger partial charge in [-0.3, -0.25) is 10.00 Å². The van der Waals surface area contributed by atoms with Gasteiger partial charge >= 0.3 is 0 Å². The van der Waals surface area contributed by atoms with Crippen LogP contribution in [0.2, 0.25) is 0 Å². The number of aryl methyl sites for hydroxylation is 1. The monoisotopic (exact) mass is 317 g/mol. The first-order valence-electron chi connectivity index (χ1n) is 7.06. The number of nitrogens with one attached hydrogen (secondary N) is 2. The number of aliphatic hydroxyl groups is 1. The van der Waals surface area contributed by atoms with Gasteiger partial charge in [0.25, 0.3) is 0 Å². The lowest BCUT2D eigenvalue weighted by atomic mass is 10.2. The molecular formula is C15H19N5OS. The van der Waals surface area contributed by atoms with Crippen molar-refractivity contribution in [1.82, 2.24) is 20.4 Å². The molecule has 0 atom stereocenters. The predicted molar refractivity (Wildman–Crippen MR) is 90.5 cm³/mol. The Kier molecular flexibility index (Phi) is 4.10. The van der Waals surface area contributed by atoms with Crippen LogP contribution in [0.25, 0.3) is 16.1 Å². The van der Waals surface area contributed by atoms with Crippen LogP contribution in [0.4, 0.5) is 5.69 Å². The normalized spacial score (nSPS) is 14.0. The predicted octanol–water partition coefficient (Wildman–Crippen LogP) is 1.97. The van der Waals surface area contributed by atoms with Gasteiger partial charge in [-0.15, -0.1) is 11.3 Å². The van der Waals surface area contributed by atoms with Crippen LogP contribution < -0.4 is 5.32 Å². The zero-order valence-electron chi connectivity index (χ0n) is 12.7. The molecule has 7 heteroatoms. The maximum atomic E-state index is 8.98. The van der Waals surface area contributed by atoms with Crippen molar-refractivity contribution in [1.29, 1.82) is 0 Å². The quantitative estimate of drug-likeness (QED) is 0.788. The number of aromatic amines is 1. The molecule has 2 aromatic heterocycles. The van der Waals surface area contributed by atoms with Crippen LogP contribution in [-0.4, -0.2) is 52.8 Å². The van der Waals surface area contributed by atoms with Crippen LogP contribution in [-0.2, 0) is 0 Å². The third kappa shape index (κ3) is 2.83. The molecule has 3 rings (SSSR count). The fraction of sp³-hybridized carbons (Fsp3) is 0.333. The van der Waals surface area contributed by atoms with Gasteiger partial charge in [0.2, 0.25) is 0 Å². The molecule has 6 nitrogen and oxygen atoms in total. The van der Waals surface area contributed by atoms with E-state index >= 15 is 0 Å². The van der Waals surface area contributed by atoms with Crippen molar-refractivity contribution in [2.45, 2.75) is 6.92 Å². The van der Waals surface area contributed by atoms with Crippen molar-refractivity contribution in [3.63, 3.8) is 0 Å². The summed E-state index contributed by atoms with van der Waals surface area (Å²) in [6.07, 6.45) is 1.84. The molecule has 0 fully saturated rings. The van der Waals surface area contributed by atoms with E-state index < -0.39 is 0 Å². The number of H-pyrrole nitrogens is 1. The lowest BCUT2D eigenvalue weighted by Crippen LogP contribution is -2.36. The molecule has 1 aliphatic rings. The fourth-order valence-electron chi connectivity index (χ4n) is 2.40. The van der Waals surface area contributed by atoms with Gasteiger partial charge in [0.05, 0.1) is 35.6 Å². The Morgan fingerprint density at radius 1 is 1.45 bits per heavy atom. The Morgan fingerprint density at radius 2 is 2.27 bits per heavy atom. The van der Waals surface area contributed by atoms with E-state index in [-0.39, 0.29) is 6.61 Å². The van der Waals surface area contributed by atoms with E-state index in [1.165, 1.54) is 0 Å². The zero-order chi connectivity index (χ0) is 15.7. The highest BCUT2D eigenvalue weighted by Gasteiger charge is 2.20. The number of aliphatic hydroxyl groups excluding tert-OH is 1. The largest absolute Gasteiger partial charge is 0.395 e. The minimum Gasteiger partial charge on any atom is -0.395 e. The molecule has 0 aromatic carbocycles. The first kappa shape index (κ1) is 15.0. The van der Waals surface area contributed by atoms with E-state index in [9.17, 15) is 0 Å². The van der Waals surface area contributed by atoms with Gasteiger partial charge in [0, 0.05) is 22.7 Å². The summed E-state index contributed by atoms with van der Waals surface area (Å²) in [5, 5.41) is 19.3. The zero-order valence-corrected chi connectivity index (χ0v) is 13.5. The Bertz CT molecular complexity index is 730. The second-order valence-electron chi connectivity index (χ2n) is 5.36. The minimum atomic E-state index is 0.137. The summed E-state index contributed by atoms with van der Waals surface area (Å²) in [5.74, 6) is 0.849. The van der Waals surface area contributed by atoms with Crippen molar-refractivity contribution in [2.75, 3.05) is 26.7 Å². The lowest BCUT2D eigenvalue weighted by molar-refractivity contribution is 0.235. The number of rotatable bonds is 5. The molecule has 0 saturated carbocycles. The number of fused-ring (bicyclic) bond motifs is 1. The van der Waals surface area contributed by atoms with Crippen molar-refractivity contribution < 1.29 is 5.11 Å². The second-order valence-corrected chi connectivity index (χ2v) is 6.41. The second kappa shape index (κ2) is 6.04. The van der Waals surface area contributed by atoms with Crippen molar-refractivity contribution in [3.8, 4) is 10.4 Å². The molecule has 0 radical (unpaired) electrons. The molecule has 3 heterocycles. The molecule has 0 saturated heterocycles. The van der Waals surface area contributed by atoms with Gasteiger partial charge in [-0.25, -0.2) is 4.99 Å². The molecular weight excluding hydrogens is 298 g/mol. The van der Waals surface area contributed by atoms with Crippen molar-refractivity contribution >= 4 is 28.6 Å². The van der Waals surface area contributed by atoms with E-state index in [1.54, 1.807) is 11.3 Å². The molecule has 2 aromatic rings. The molecule has 0 bridgehead atoms. The topological polar surface area (TPSA) is 76.5 Å². The Morgan fingerprint density at radius 3 is 2.95 bits per heavy atom. The highest BCUT2D eigenvalue weighted by atomic mass is 32.1. The number of likely N-dealkylation sites (N-methyl/N-ethyl adjacent to an activating group) is 1. The van der Waals surface area contributed by atoms with E-state index in [0.717, 1.165) is 38.2 Å². The number of hydrogen-bond donors (Lipinski definition) is 3. The first-order valence-corrected chi connectivity index (χ1v) is 7.87. The molecule has 22 heavy (non-hydrogen) atoms. The molecule has 1 aliphatic heterocycles. The third-order valence-electron chi connectivity index (χ3n) is 3.53. The molecule has 0 unspecified atom stereocenters. The van der Waals surface area contributed by atoms with Gasteiger partial charge in [-0.05, 0) is 20.0 Å². The standard InChI is InChI=1S/C15H19N5OS/c1-9-11(7-16-19-9)13-6-12-15(22-13)10(2)17-14(18-12)8-20(3)4-5-21/h6-7,21H,2,4-5,8H2,1,3H3,(H,16,19)(H,17,18). The Balaban J connectivity index is 1.89. The number of amidine groups is 1. The summed E-state index contributed by atoms with van der Waals surface area (Å²) in [5.41, 5.74) is 3.96. The summed E-state index contributed by atoms with van der Waals surface area (Å²) < 4.78 is 0. The van der Waals surface area contributed by atoms with E-state index in [4.69, 9.17) is 5.11 Å². The van der Waals surface area contributed by atoms with Gasteiger partial charge in [-0.1, -0.05) is 6.58 Å². The summed E-state index contributed by atoms with van der Waals surface area (Å²) in [4.78, 5) is 8.88. The smallest absolute Gasteiger partial charge is 0.121 e. The van der Waals surface area contributed by atoms with Crippen LogP contribution in [0.1, 0.15) is 10.6 Å². The minimum absolute atomic E-state index is 0.137. The summed E-state index contributed by atoms with van der Waals surface area (Å²) in [6, 6.07) is 2.08. The highest BCUT2D eigenvalue weighted by Crippen LogP contribution is 2.41. The van der Waals surface area contributed by atoms with Crippen LogP contribution in [0.15, 0.2) is 23.8 Å². The first-order chi connectivity index (χ1) is 10.6. The van der Waals surface area contributed by atoms with Crippen molar-refractivity contribution in [2.24, 2.45) is 4.99 Å². The van der Waals surface area contributed by atoms with E-state index in [2.05, 4.69) is 33.2 Å². The molecule has 0 aliphatic carbocycles. The molecule has 116 valence electrons. The Labute approximate surface area is 133 Å². The number of thiophene rings is 1. The van der Waals surface area contributed by atoms with Crippen LogP contribution >= 0.6 is 11.3 Å². The van der Waals surface area contributed by atoms with Crippen LogP contribution in [0.3, 0.4) is 0 Å². The van der Waals surface area contributed by atoms with Gasteiger partial charge in [0.15, 0.2) is 0 Å². The average Bonchev–Trinajstić information content (AvgIpc) is 3.04. The number of hydrogen-bond acceptors (Lipinski definition) is 6. The van der Waals surface area contributed by atoms with E-state index in [1.807, 2.05) is 25.1 Å². The SMILES string of the molecule is C=C1NC(CN(C)CCO)=Nc2cc(-c3cn[nH]c3C)sc21. The maximum absolute atomic E-state index is 8.98. The maximum Gasteiger partial charge on any atom is 0.121 e. The highest BCUT2D eigenvalue weighted by molar-refractivity contribution is 7.17. The third-order valence-corrected chi connectivity index (χ3v) is 4.75. The number of aromatic nitrogens is 2. The van der Waals surface area contributed by atoms with Crippen molar-refractivity contribution in [3.05, 3.63) is 29.4 Å². The average molecular weight is 317 g/mol. The van der Waals surface area contributed by atoms with E-state index in [0.29, 0.717) is 13.1 Å².